The number of hydrogen-bond donors (Lipinski definition) is 2. The fourth-order valence-corrected chi connectivity index (χ4v) is 2.11. The minimum atomic E-state index is -0.0920. The molecule has 2 rings (SSSR count). The molecule has 2 aromatic heterocycles. The van der Waals surface area contributed by atoms with E-state index in [-0.39, 0.29) is 11.8 Å². The van der Waals surface area contributed by atoms with Crippen LogP contribution in [-0.2, 0) is 4.79 Å². The first-order chi connectivity index (χ1) is 10.0. The van der Waals surface area contributed by atoms with Crippen molar-refractivity contribution in [1.29, 1.82) is 0 Å². The van der Waals surface area contributed by atoms with Crippen LogP contribution < -0.4 is 10.6 Å². The van der Waals surface area contributed by atoms with E-state index in [4.69, 9.17) is 0 Å². The van der Waals surface area contributed by atoms with Crippen molar-refractivity contribution < 1.29 is 4.79 Å². The summed E-state index contributed by atoms with van der Waals surface area (Å²) in [4.78, 5) is 16.3. The number of hydrogen-bond acceptors (Lipinski definition) is 4. The molecule has 0 aromatic carbocycles. The molecule has 0 aliphatic heterocycles. The predicted molar refractivity (Wildman–Crippen MR) is 82.6 cm³/mol. The number of aromatic nitrogens is 3. The number of anilines is 1. The molecule has 6 heteroatoms. The number of carbonyl (C=O) groups is 1. The van der Waals surface area contributed by atoms with Gasteiger partial charge in [0.05, 0.1) is 17.6 Å². The van der Waals surface area contributed by atoms with Crippen LogP contribution in [0.5, 0.6) is 0 Å². The van der Waals surface area contributed by atoms with E-state index in [2.05, 4.69) is 20.7 Å². The lowest BCUT2D eigenvalue weighted by atomic mass is 10.1. The summed E-state index contributed by atoms with van der Waals surface area (Å²) < 4.78 is 1.78. The zero-order valence-corrected chi connectivity index (χ0v) is 12.8. The third-order valence-corrected chi connectivity index (χ3v) is 3.20. The number of nitrogens with one attached hydrogen (secondary N) is 2. The van der Waals surface area contributed by atoms with Crippen LogP contribution in [0.2, 0.25) is 0 Å². The molecule has 6 nitrogen and oxygen atoms in total. The van der Waals surface area contributed by atoms with E-state index in [0.717, 1.165) is 17.2 Å². The summed E-state index contributed by atoms with van der Waals surface area (Å²) >= 11 is 0. The molecule has 2 heterocycles. The van der Waals surface area contributed by atoms with Crippen molar-refractivity contribution >= 4 is 11.6 Å². The Balaban J connectivity index is 2.09. The number of pyridine rings is 1. The van der Waals surface area contributed by atoms with Gasteiger partial charge in [0.1, 0.15) is 0 Å². The van der Waals surface area contributed by atoms with E-state index in [1.807, 2.05) is 46.0 Å². The first-order valence-corrected chi connectivity index (χ1v) is 6.96. The second kappa shape index (κ2) is 6.49. The van der Waals surface area contributed by atoms with E-state index in [0.29, 0.717) is 12.2 Å². The van der Waals surface area contributed by atoms with Crippen molar-refractivity contribution in [3.63, 3.8) is 0 Å². The molecule has 0 spiro atoms. The van der Waals surface area contributed by atoms with Gasteiger partial charge in [-0.2, -0.15) is 5.10 Å². The van der Waals surface area contributed by atoms with Gasteiger partial charge in [-0.15, -0.1) is 0 Å². The molecule has 1 atom stereocenters. The zero-order chi connectivity index (χ0) is 15.4. The highest BCUT2D eigenvalue weighted by Gasteiger charge is 2.12. The number of aryl methyl sites for hydroxylation is 2. The van der Waals surface area contributed by atoms with E-state index in [9.17, 15) is 4.79 Å². The molecule has 0 bridgehead atoms. The molecule has 0 saturated heterocycles. The topological polar surface area (TPSA) is 71.8 Å². The highest BCUT2D eigenvalue weighted by molar-refractivity contribution is 5.92. The SMILES string of the molecule is CNCC(C)C(=O)Nc1ccc(-n2nc(C)cc2C)nc1. The summed E-state index contributed by atoms with van der Waals surface area (Å²) in [5.41, 5.74) is 2.67. The Morgan fingerprint density at radius 3 is 2.67 bits per heavy atom. The van der Waals surface area contributed by atoms with E-state index in [1.54, 1.807) is 10.9 Å². The van der Waals surface area contributed by atoms with Gasteiger partial charge in [0.2, 0.25) is 5.91 Å². The second-order valence-corrected chi connectivity index (χ2v) is 5.19. The number of carbonyl (C=O) groups excluding carboxylic acids is 1. The molecule has 0 aliphatic rings. The average molecular weight is 287 g/mol. The zero-order valence-electron chi connectivity index (χ0n) is 12.8. The largest absolute Gasteiger partial charge is 0.324 e. The van der Waals surface area contributed by atoms with Crippen LogP contribution in [-0.4, -0.2) is 34.3 Å². The van der Waals surface area contributed by atoms with Gasteiger partial charge in [-0.1, -0.05) is 6.92 Å². The molecule has 0 fully saturated rings. The number of nitrogens with zero attached hydrogens (tertiary/aromatic N) is 3. The molecule has 21 heavy (non-hydrogen) atoms. The van der Waals surface area contributed by atoms with Crippen molar-refractivity contribution in [2.45, 2.75) is 20.8 Å². The van der Waals surface area contributed by atoms with E-state index >= 15 is 0 Å². The smallest absolute Gasteiger partial charge is 0.228 e. The molecular weight excluding hydrogens is 266 g/mol. The fraction of sp³-hybridized carbons (Fsp3) is 0.400. The van der Waals surface area contributed by atoms with Crippen molar-refractivity contribution in [1.82, 2.24) is 20.1 Å². The quantitative estimate of drug-likeness (QED) is 0.877. The molecule has 2 aromatic rings. The Kier molecular flexibility index (Phi) is 4.70. The normalized spacial score (nSPS) is 12.2. The minimum Gasteiger partial charge on any atom is -0.324 e. The molecule has 0 radical (unpaired) electrons. The lowest BCUT2D eigenvalue weighted by Crippen LogP contribution is -2.28. The molecular formula is C15H21N5O. The molecule has 0 aliphatic carbocycles. The summed E-state index contributed by atoms with van der Waals surface area (Å²) in [6, 6.07) is 5.68. The maximum atomic E-state index is 11.9. The molecule has 2 N–H and O–H groups in total. The van der Waals surface area contributed by atoms with Crippen LogP contribution in [0.3, 0.4) is 0 Å². The van der Waals surface area contributed by atoms with Gasteiger partial charge in [0.15, 0.2) is 5.82 Å². The molecule has 0 saturated carbocycles. The monoisotopic (exact) mass is 287 g/mol. The van der Waals surface area contributed by atoms with Gasteiger partial charge in [-0.05, 0) is 39.1 Å². The van der Waals surface area contributed by atoms with Crippen LogP contribution in [0.1, 0.15) is 18.3 Å². The maximum absolute atomic E-state index is 11.9. The van der Waals surface area contributed by atoms with Crippen molar-refractivity contribution in [2.75, 3.05) is 18.9 Å². The Labute approximate surface area is 124 Å². The van der Waals surface area contributed by atoms with Gasteiger partial charge in [-0.25, -0.2) is 9.67 Å². The van der Waals surface area contributed by atoms with E-state index < -0.39 is 0 Å². The van der Waals surface area contributed by atoms with E-state index in [1.165, 1.54) is 0 Å². The lowest BCUT2D eigenvalue weighted by Gasteiger charge is -2.11. The first kappa shape index (κ1) is 15.2. The van der Waals surface area contributed by atoms with Gasteiger partial charge in [0.25, 0.3) is 0 Å². The predicted octanol–water partition coefficient (Wildman–Crippen LogP) is 1.68. The Hall–Kier alpha value is -2.21. The molecule has 1 amide bonds. The third kappa shape index (κ3) is 3.66. The summed E-state index contributed by atoms with van der Waals surface area (Å²) in [6.45, 7) is 6.45. The summed E-state index contributed by atoms with van der Waals surface area (Å²) in [5.74, 6) is 0.623. The van der Waals surface area contributed by atoms with Gasteiger partial charge in [-0.3, -0.25) is 4.79 Å². The Morgan fingerprint density at radius 1 is 1.38 bits per heavy atom. The molecule has 112 valence electrons. The van der Waals surface area contributed by atoms with Gasteiger partial charge >= 0.3 is 0 Å². The average Bonchev–Trinajstić information content (AvgIpc) is 2.79. The van der Waals surface area contributed by atoms with Crippen molar-refractivity contribution in [2.24, 2.45) is 5.92 Å². The van der Waals surface area contributed by atoms with Crippen LogP contribution in [0.4, 0.5) is 5.69 Å². The lowest BCUT2D eigenvalue weighted by molar-refractivity contribution is -0.119. The van der Waals surface area contributed by atoms with Crippen LogP contribution in [0.15, 0.2) is 24.4 Å². The molecule has 1 unspecified atom stereocenters. The summed E-state index contributed by atoms with van der Waals surface area (Å²) in [5, 5.41) is 10.2. The summed E-state index contributed by atoms with van der Waals surface area (Å²) in [7, 11) is 1.83. The Morgan fingerprint density at radius 2 is 2.14 bits per heavy atom. The van der Waals surface area contributed by atoms with Gasteiger partial charge in [0, 0.05) is 18.2 Å². The third-order valence-electron chi connectivity index (χ3n) is 3.20. The fourth-order valence-electron chi connectivity index (χ4n) is 2.11. The standard InChI is InChI=1S/C15H21N5O/c1-10(8-16-4)15(21)18-13-5-6-14(17-9-13)20-12(3)7-11(2)19-20/h5-7,9-10,16H,8H2,1-4H3,(H,18,21). The highest BCUT2D eigenvalue weighted by atomic mass is 16.1. The Bertz CT molecular complexity index is 617. The summed E-state index contributed by atoms with van der Waals surface area (Å²) in [6.07, 6.45) is 1.65. The van der Waals surface area contributed by atoms with Gasteiger partial charge < -0.3 is 10.6 Å². The van der Waals surface area contributed by atoms with Crippen LogP contribution in [0.25, 0.3) is 5.82 Å². The maximum Gasteiger partial charge on any atom is 0.228 e. The highest BCUT2D eigenvalue weighted by Crippen LogP contribution is 2.13. The number of rotatable bonds is 5. The van der Waals surface area contributed by atoms with Crippen LogP contribution in [0, 0.1) is 19.8 Å². The number of amides is 1. The van der Waals surface area contributed by atoms with Crippen LogP contribution >= 0.6 is 0 Å². The van der Waals surface area contributed by atoms with Crippen molar-refractivity contribution in [3.05, 3.63) is 35.8 Å². The minimum absolute atomic E-state index is 0.0231. The first-order valence-electron chi connectivity index (χ1n) is 6.96. The second-order valence-electron chi connectivity index (χ2n) is 5.19. The van der Waals surface area contributed by atoms with Crippen molar-refractivity contribution in [3.8, 4) is 5.82 Å².